The van der Waals surface area contributed by atoms with Crippen LogP contribution in [0, 0.1) is 12.8 Å². The van der Waals surface area contributed by atoms with E-state index in [0.29, 0.717) is 5.92 Å². The van der Waals surface area contributed by atoms with E-state index in [4.69, 9.17) is 9.73 Å². The number of rotatable bonds is 5. The second kappa shape index (κ2) is 6.85. The number of nitrogens with zero attached hydrogens (tertiary/aromatic N) is 2. The maximum absolute atomic E-state index is 5.42. The van der Waals surface area contributed by atoms with Crippen LogP contribution in [0.25, 0.3) is 10.6 Å². The zero-order valence-electron chi connectivity index (χ0n) is 13.3. The maximum atomic E-state index is 5.42. The van der Waals surface area contributed by atoms with Gasteiger partial charge in [0.05, 0.1) is 12.8 Å². The maximum Gasteiger partial charge on any atom is 0.123 e. The molecule has 0 fully saturated rings. The largest absolute Gasteiger partial charge is 0.497 e. The first kappa shape index (κ1) is 15.7. The van der Waals surface area contributed by atoms with Crippen molar-refractivity contribution in [3.05, 3.63) is 29.3 Å². The Morgan fingerprint density at radius 3 is 2.76 bits per heavy atom. The summed E-state index contributed by atoms with van der Waals surface area (Å²) in [5.74, 6) is 1.31. The van der Waals surface area contributed by atoms with Gasteiger partial charge in [0.25, 0.3) is 0 Å². The lowest BCUT2D eigenvalue weighted by molar-refractivity contribution is 0.415. The van der Waals surface area contributed by atoms with Gasteiger partial charge in [0.15, 0.2) is 0 Å². The fourth-order valence-electron chi connectivity index (χ4n) is 2.08. The molecule has 0 aliphatic carbocycles. The quantitative estimate of drug-likeness (QED) is 0.705. The van der Waals surface area contributed by atoms with E-state index >= 15 is 0 Å². The van der Waals surface area contributed by atoms with Crippen LogP contribution in [0.4, 0.5) is 5.69 Å². The third kappa shape index (κ3) is 3.50. The molecule has 4 heteroatoms. The molecule has 1 aromatic heterocycles. The minimum absolute atomic E-state index is 0.485. The van der Waals surface area contributed by atoms with Crippen LogP contribution in [0.15, 0.2) is 28.7 Å². The topological polar surface area (TPSA) is 34.5 Å². The molecule has 0 saturated heterocycles. The molecule has 112 valence electrons. The third-order valence-electron chi connectivity index (χ3n) is 3.87. The van der Waals surface area contributed by atoms with Gasteiger partial charge >= 0.3 is 0 Å². The molecular weight excluding hydrogens is 280 g/mol. The Labute approximate surface area is 130 Å². The Morgan fingerprint density at radius 2 is 2.19 bits per heavy atom. The molecule has 3 nitrogen and oxygen atoms in total. The summed E-state index contributed by atoms with van der Waals surface area (Å²) < 4.78 is 5.42. The molecule has 0 saturated carbocycles. The highest BCUT2D eigenvalue weighted by Crippen LogP contribution is 2.36. The number of benzene rings is 1. The summed E-state index contributed by atoms with van der Waals surface area (Å²) in [6.45, 7) is 8.58. The molecule has 1 heterocycles. The van der Waals surface area contributed by atoms with Crippen molar-refractivity contribution in [2.45, 2.75) is 34.1 Å². The van der Waals surface area contributed by atoms with E-state index in [1.165, 1.54) is 0 Å². The minimum atomic E-state index is 0.485. The Morgan fingerprint density at radius 1 is 1.43 bits per heavy atom. The van der Waals surface area contributed by atoms with Gasteiger partial charge in [-0.25, -0.2) is 4.98 Å². The van der Waals surface area contributed by atoms with E-state index in [0.717, 1.165) is 39.7 Å². The van der Waals surface area contributed by atoms with Gasteiger partial charge in [-0.15, -0.1) is 11.3 Å². The molecule has 0 spiro atoms. The Bertz CT molecular complexity index is 632. The molecule has 0 aliphatic heterocycles. The van der Waals surface area contributed by atoms with Crippen LogP contribution in [-0.4, -0.2) is 17.8 Å². The van der Waals surface area contributed by atoms with Crippen LogP contribution in [0.1, 0.15) is 32.8 Å². The first-order valence-electron chi connectivity index (χ1n) is 7.20. The number of aromatic nitrogens is 1. The fourth-order valence-corrected chi connectivity index (χ4v) is 2.79. The van der Waals surface area contributed by atoms with Crippen molar-refractivity contribution >= 4 is 22.7 Å². The average molecular weight is 302 g/mol. The molecule has 0 N–H and O–H groups in total. The molecule has 0 amide bonds. The minimum Gasteiger partial charge on any atom is -0.497 e. The predicted octanol–water partition coefficient (Wildman–Crippen LogP) is 5.27. The van der Waals surface area contributed by atoms with Crippen molar-refractivity contribution in [1.82, 2.24) is 4.98 Å². The smallest absolute Gasteiger partial charge is 0.123 e. The third-order valence-corrected chi connectivity index (χ3v) is 4.68. The number of thiazole rings is 1. The van der Waals surface area contributed by atoms with Crippen molar-refractivity contribution in [2.24, 2.45) is 10.9 Å². The summed E-state index contributed by atoms with van der Waals surface area (Å²) in [7, 11) is 1.69. The van der Waals surface area contributed by atoms with Crippen LogP contribution in [0.2, 0.25) is 0 Å². The Balaban J connectivity index is 2.54. The van der Waals surface area contributed by atoms with Crippen LogP contribution in [-0.2, 0) is 0 Å². The van der Waals surface area contributed by atoms with E-state index < -0.39 is 0 Å². The zero-order valence-corrected chi connectivity index (χ0v) is 14.1. The second-order valence-electron chi connectivity index (χ2n) is 5.22. The van der Waals surface area contributed by atoms with Crippen LogP contribution in [0.5, 0.6) is 5.75 Å². The van der Waals surface area contributed by atoms with Gasteiger partial charge in [0.2, 0.25) is 0 Å². The van der Waals surface area contributed by atoms with Crippen molar-refractivity contribution < 1.29 is 4.74 Å². The molecule has 0 radical (unpaired) electrons. The van der Waals surface area contributed by atoms with Gasteiger partial charge in [0.1, 0.15) is 10.8 Å². The number of aliphatic imine (C=N–C) groups is 1. The molecule has 0 bridgehead atoms. The van der Waals surface area contributed by atoms with Crippen LogP contribution in [0.3, 0.4) is 0 Å². The first-order chi connectivity index (χ1) is 10.1. The van der Waals surface area contributed by atoms with Crippen molar-refractivity contribution in [2.75, 3.05) is 7.11 Å². The molecular formula is C17H22N2OS. The number of ether oxygens (including phenoxy) is 1. The summed E-state index contributed by atoms with van der Waals surface area (Å²) in [4.78, 5) is 9.23. The monoisotopic (exact) mass is 302 g/mol. The molecule has 2 rings (SSSR count). The van der Waals surface area contributed by atoms with E-state index in [9.17, 15) is 0 Å². The zero-order chi connectivity index (χ0) is 15.4. The van der Waals surface area contributed by atoms with Gasteiger partial charge in [0, 0.05) is 28.9 Å². The molecule has 1 aromatic carbocycles. The van der Waals surface area contributed by atoms with Gasteiger partial charge in [-0.1, -0.05) is 13.8 Å². The summed E-state index contributed by atoms with van der Waals surface area (Å²) >= 11 is 1.63. The van der Waals surface area contributed by atoms with E-state index in [2.05, 4.69) is 32.7 Å². The SMILES string of the molecule is CCC(C)/C(C)=N\c1cc(OC)cc(-c2nccs2)c1C. The van der Waals surface area contributed by atoms with Crippen LogP contribution >= 0.6 is 11.3 Å². The van der Waals surface area contributed by atoms with Gasteiger partial charge in [-0.3, -0.25) is 4.99 Å². The van der Waals surface area contributed by atoms with Gasteiger partial charge in [-0.05, 0) is 37.8 Å². The highest BCUT2D eigenvalue weighted by molar-refractivity contribution is 7.13. The first-order valence-corrected chi connectivity index (χ1v) is 8.08. The second-order valence-corrected chi connectivity index (χ2v) is 6.11. The lowest BCUT2D eigenvalue weighted by atomic mass is 10.0. The molecule has 2 aromatic rings. The van der Waals surface area contributed by atoms with E-state index in [-0.39, 0.29) is 0 Å². The summed E-state index contributed by atoms with van der Waals surface area (Å²) in [6, 6.07) is 4.03. The van der Waals surface area contributed by atoms with Crippen molar-refractivity contribution in [3.63, 3.8) is 0 Å². The predicted molar refractivity (Wildman–Crippen MR) is 91.1 cm³/mol. The fraction of sp³-hybridized carbons (Fsp3) is 0.412. The lowest BCUT2D eigenvalue weighted by Crippen LogP contribution is -2.04. The molecule has 21 heavy (non-hydrogen) atoms. The average Bonchev–Trinajstić information content (AvgIpc) is 3.02. The molecule has 1 unspecified atom stereocenters. The summed E-state index contributed by atoms with van der Waals surface area (Å²) in [5, 5.41) is 2.99. The molecule has 0 aliphatic rings. The summed E-state index contributed by atoms with van der Waals surface area (Å²) in [5.41, 5.74) is 4.37. The number of methoxy groups -OCH3 is 1. The van der Waals surface area contributed by atoms with Gasteiger partial charge in [-0.2, -0.15) is 0 Å². The number of hydrogen-bond acceptors (Lipinski definition) is 4. The summed E-state index contributed by atoms with van der Waals surface area (Å²) in [6.07, 6.45) is 2.92. The highest BCUT2D eigenvalue weighted by atomic mass is 32.1. The van der Waals surface area contributed by atoms with Crippen molar-refractivity contribution in [1.29, 1.82) is 0 Å². The standard InChI is InChI=1S/C17H22N2OS/c1-6-11(2)13(4)19-16-10-14(20-5)9-15(12(16)3)17-18-7-8-21-17/h7-11H,6H2,1-5H3/b19-13-. The van der Waals surface area contributed by atoms with Crippen LogP contribution < -0.4 is 4.74 Å². The van der Waals surface area contributed by atoms with E-state index in [1.54, 1.807) is 18.4 Å². The highest BCUT2D eigenvalue weighted by Gasteiger charge is 2.12. The Kier molecular flexibility index (Phi) is 5.12. The van der Waals surface area contributed by atoms with Crippen molar-refractivity contribution in [3.8, 4) is 16.3 Å². The normalized spacial score (nSPS) is 13.3. The van der Waals surface area contributed by atoms with E-state index in [1.807, 2.05) is 23.7 Å². The number of hydrogen-bond donors (Lipinski definition) is 0. The van der Waals surface area contributed by atoms with Gasteiger partial charge < -0.3 is 4.74 Å². The molecule has 1 atom stereocenters. The Hall–Kier alpha value is -1.68. The lowest BCUT2D eigenvalue weighted by Gasteiger charge is -2.13.